The number of amides is 3. The van der Waals surface area contributed by atoms with Crippen LogP contribution in [-0.2, 0) is 9.59 Å². The summed E-state index contributed by atoms with van der Waals surface area (Å²) in [6, 6.07) is 6.61. The molecule has 1 fully saturated rings. The molecule has 1 aliphatic carbocycles. The van der Waals surface area contributed by atoms with E-state index in [4.69, 9.17) is 0 Å². The molecule has 2 atom stereocenters. The fraction of sp³-hybridized carbons (Fsp3) is 0.438. The van der Waals surface area contributed by atoms with Crippen LogP contribution in [0.25, 0.3) is 0 Å². The third-order valence-electron chi connectivity index (χ3n) is 4.36. The van der Waals surface area contributed by atoms with Gasteiger partial charge in [0.05, 0.1) is 12.0 Å². The van der Waals surface area contributed by atoms with Crippen LogP contribution in [0.2, 0.25) is 0 Å². The largest absolute Gasteiger partial charge is 0.481 e. The lowest BCUT2D eigenvalue weighted by Gasteiger charge is -2.23. The van der Waals surface area contributed by atoms with E-state index in [9.17, 15) is 19.5 Å². The SMILES string of the molecule is O=C1CN(C(=O)NC2CC(C(=O)O)c3ccccc32)CCCN1. The van der Waals surface area contributed by atoms with Crippen LogP contribution in [-0.4, -0.2) is 47.5 Å². The molecular weight excluding hydrogens is 298 g/mol. The number of benzene rings is 1. The number of rotatable bonds is 2. The van der Waals surface area contributed by atoms with Crippen molar-refractivity contribution >= 4 is 17.9 Å². The molecule has 1 aliphatic heterocycles. The second-order valence-electron chi connectivity index (χ2n) is 5.88. The van der Waals surface area contributed by atoms with Crippen LogP contribution in [0.5, 0.6) is 0 Å². The molecule has 3 amide bonds. The van der Waals surface area contributed by atoms with E-state index in [1.165, 1.54) is 4.90 Å². The lowest BCUT2D eigenvalue weighted by molar-refractivity contribution is -0.138. The molecule has 23 heavy (non-hydrogen) atoms. The molecular formula is C16H19N3O4. The molecule has 3 N–H and O–H groups in total. The van der Waals surface area contributed by atoms with E-state index in [2.05, 4.69) is 10.6 Å². The molecule has 7 nitrogen and oxygen atoms in total. The van der Waals surface area contributed by atoms with E-state index in [-0.39, 0.29) is 24.5 Å². The minimum Gasteiger partial charge on any atom is -0.481 e. The van der Waals surface area contributed by atoms with Crippen molar-refractivity contribution in [3.05, 3.63) is 35.4 Å². The Morgan fingerprint density at radius 1 is 1.26 bits per heavy atom. The number of urea groups is 1. The van der Waals surface area contributed by atoms with Crippen LogP contribution >= 0.6 is 0 Å². The molecule has 1 aromatic rings. The van der Waals surface area contributed by atoms with Crippen LogP contribution < -0.4 is 10.6 Å². The minimum absolute atomic E-state index is 0.0303. The average molecular weight is 317 g/mol. The lowest BCUT2D eigenvalue weighted by atomic mass is 10.0. The number of hydrogen-bond acceptors (Lipinski definition) is 3. The molecule has 0 radical (unpaired) electrons. The maximum absolute atomic E-state index is 12.4. The first-order valence-electron chi connectivity index (χ1n) is 7.70. The zero-order chi connectivity index (χ0) is 16.4. The van der Waals surface area contributed by atoms with E-state index >= 15 is 0 Å². The summed E-state index contributed by atoms with van der Waals surface area (Å²) < 4.78 is 0. The molecule has 0 aromatic heterocycles. The highest BCUT2D eigenvalue weighted by atomic mass is 16.4. The summed E-state index contributed by atoms with van der Waals surface area (Å²) in [4.78, 5) is 36.9. The zero-order valence-corrected chi connectivity index (χ0v) is 12.6. The van der Waals surface area contributed by atoms with Gasteiger partial charge in [-0.1, -0.05) is 24.3 Å². The van der Waals surface area contributed by atoms with Crippen LogP contribution in [0.3, 0.4) is 0 Å². The monoisotopic (exact) mass is 317 g/mol. The summed E-state index contributed by atoms with van der Waals surface area (Å²) in [6.07, 6.45) is 1.04. The predicted octanol–water partition coefficient (Wildman–Crippen LogP) is 0.831. The van der Waals surface area contributed by atoms with E-state index in [0.717, 1.165) is 11.1 Å². The van der Waals surface area contributed by atoms with E-state index in [0.29, 0.717) is 25.9 Å². The highest BCUT2D eigenvalue weighted by Crippen LogP contribution is 2.40. The van der Waals surface area contributed by atoms with Gasteiger partial charge in [0.25, 0.3) is 0 Å². The number of aliphatic carboxylic acids is 1. The first kappa shape index (κ1) is 15.3. The number of carbonyl (C=O) groups is 3. The normalized spacial score (nSPS) is 23.7. The topological polar surface area (TPSA) is 98.7 Å². The fourth-order valence-electron chi connectivity index (χ4n) is 3.23. The van der Waals surface area contributed by atoms with E-state index in [1.807, 2.05) is 12.1 Å². The Morgan fingerprint density at radius 3 is 2.74 bits per heavy atom. The van der Waals surface area contributed by atoms with Gasteiger partial charge >= 0.3 is 12.0 Å². The van der Waals surface area contributed by atoms with Gasteiger partial charge in [-0.05, 0) is 24.0 Å². The molecule has 1 saturated heterocycles. The number of carbonyl (C=O) groups excluding carboxylic acids is 2. The highest BCUT2D eigenvalue weighted by Gasteiger charge is 2.36. The minimum atomic E-state index is -0.886. The number of hydrogen-bond donors (Lipinski definition) is 3. The van der Waals surface area contributed by atoms with Crippen LogP contribution in [0.15, 0.2) is 24.3 Å². The molecule has 1 heterocycles. The number of nitrogens with one attached hydrogen (secondary N) is 2. The molecule has 0 saturated carbocycles. The van der Waals surface area contributed by atoms with Gasteiger partial charge in [-0.2, -0.15) is 0 Å². The third-order valence-corrected chi connectivity index (χ3v) is 4.36. The first-order valence-corrected chi connectivity index (χ1v) is 7.70. The smallest absolute Gasteiger partial charge is 0.318 e. The van der Waals surface area contributed by atoms with Gasteiger partial charge in [0, 0.05) is 13.1 Å². The molecule has 0 spiro atoms. The predicted molar refractivity (Wildman–Crippen MR) is 81.9 cm³/mol. The molecule has 2 unspecified atom stereocenters. The Balaban J connectivity index is 1.74. The Labute approximate surface area is 133 Å². The molecule has 1 aromatic carbocycles. The van der Waals surface area contributed by atoms with Gasteiger partial charge in [-0.3, -0.25) is 9.59 Å². The molecule has 122 valence electrons. The molecule has 2 aliphatic rings. The summed E-state index contributed by atoms with van der Waals surface area (Å²) in [5.41, 5.74) is 1.59. The van der Waals surface area contributed by atoms with Gasteiger partial charge < -0.3 is 20.6 Å². The summed E-state index contributed by atoms with van der Waals surface area (Å²) in [7, 11) is 0. The van der Waals surface area contributed by atoms with Crippen molar-refractivity contribution in [1.29, 1.82) is 0 Å². The van der Waals surface area contributed by atoms with Gasteiger partial charge in [0.1, 0.15) is 6.54 Å². The van der Waals surface area contributed by atoms with Crippen molar-refractivity contribution in [3.8, 4) is 0 Å². The number of fused-ring (bicyclic) bond motifs is 1. The van der Waals surface area contributed by atoms with Crippen LogP contribution in [0, 0.1) is 0 Å². The number of nitrogens with zero attached hydrogens (tertiary/aromatic N) is 1. The van der Waals surface area contributed by atoms with Crippen molar-refractivity contribution < 1.29 is 19.5 Å². The van der Waals surface area contributed by atoms with Gasteiger partial charge in [0.15, 0.2) is 0 Å². The highest BCUT2D eigenvalue weighted by molar-refractivity contribution is 5.85. The van der Waals surface area contributed by atoms with Crippen molar-refractivity contribution in [2.24, 2.45) is 0 Å². The fourth-order valence-corrected chi connectivity index (χ4v) is 3.23. The average Bonchev–Trinajstić information content (AvgIpc) is 2.74. The standard InChI is InChI=1S/C16H19N3O4/c20-14-9-19(7-3-6-17-14)16(23)18-13-8-12(15(21)22)10-4-1-2-5-11(10)13/h1-2,4-5,12-13H,3,6-9H2,(H,17,20)(H,18,23)(H,21,22). The van der Waals surface area contributed by atoms with Gasteiger partial charge in [-0.15, -0.1) is 0 Å². The molecule has 3 rings (SSSR count). The maximum Gasteiger partial charge on any atom is 0.318 e. The van der Waals surface area contributed by atoms with Gasteiger partial charge in [0.2, 0.25) is 5.91 Å². The summed E-state index contributed by atoms with van der Waals surface area (Å²) in [5.74, 6) is -1.67. The van der Waals surface area contributed by atoms with Crippen molar-refractivity contribution in [1.82, 2.24) is 15.5 Å². The second-order valence-corrected chi connectivity index (χ2v) is 5.88. The lowest BCUT2D eigenvalue weighted by Crippen LogP contribution is -2.44. The second kappa shape index (κ2) is 6.28. The third kappa shape index (κ3) is 3.13. The van der Waals surface area contributed by atoms with Crippen molar-refractivity contribution in [2.45, 2.75) is 24.8 Å². The van der Waals surface area contributed by atoms with Crippen LogP contribution in [0.1, 0.15) is 35.9 Å². The van der Waals surface area contributed by atoms with Gasteiger partial charge in [-0.25, -0.2) is 4.79 Å². The Hall–Kier alpha value is -2.57. The Kier molecular flexibility index (Phi) is 4.18. The number of carboxylic acids is 1. The summed E-state index contributed by atoms with van der Waals surface area (Å²) >= 11 is 0. The van der Waals surface area contributed by atoms with Crippen molar-refractivity contribution in [3.63, 3.8) is 0 Å². The maximum atomic E-state index is 12.4. The number of carboxylic acid groups (broad SMARTS) is 1. The Bertz CT molecular complexity index is 646. The molecule has 7 heteroatoms. The van der Waals surface area contributed by atoms with Crippen LogP contribution in [0.4, 0.5) is 4.79 Å². The quantitative estimate of drug-likeness (QED) is 0.752. The van der Waals surface area contributed by atoms with Crippen molar-refractivity contribution in [2.75, 3.05) is 19.6 Å². The Morgan fingerprint density at radius 2 is 2.00 bits per heavy atom. The van der Waals surface area contributed by atoms with E-state index < -0.39 is 11.9 Å². The first-order chi connectivity index (χ1) is 11.1. The molecule has 0 bridgehead atoms. The zero-order valence-electron chi connectivity index (χ0n) is 12.6. The van der Waals surface area contributed by atoms with E-state index in [1.54, 1.807) is 12.1 Å². The summed E-state index contributed by atoms with van der Waals surface area (Å²) in [5, 5.41) is 15.0. The summed E-state index contributed by atoms with van der Waals surface area (Å²) in [6.45, 7) is 1.10.